The zero-order valence-electron chi connectivity index (χ0n) is 14.4. The summed E-state index contributed by atoms with van der Waals surface area (Å²) in [5.74, 6) is 0.209. The molecule has 1 aliphatic carbocycles. The van der Waals surface area contributed by atoms with Gasteiger partial charge in [-0.3, -0.25) is 4.79 Å². The van der Waals surface area contributed by atoms with Crippen molar-refractivity contribution in [3.8, 4) is 0 Å². The lowest BCUT2D eigenvalue weighted by Crippen LogP contribution is -2.34. The van der Waals surface area contributed by atoms with Gasteiger partial charge in [-0.2, -0.15) is 0 Å². The Bertz CT molecular complexity index is 384. The smallest absolute Gasteiger partial charge is 0.224 e. The highest BCUT2D eigenvalue weighted by molar-refractivity contribution is 5.79. The summed E-state index contributed by atoms with van der Waals surface area (Å²) < 4.78 is 0. The average Bonchev–Trinajstić information content (AvgIpc) is 2.72. The Hall–Kier alpha value is -1.05. The van der Waals surface area contributed by atoms with Gasteiger partial charge in [0.1, 0.15) is 0 Å². The van der Waals surface area contributed by atoms with Gasteiger partial charge < -0.3 is 5.32 Å². The molecule has 0 heterocycles. The van der Waals surface area contributed by atoms with Crippen LogP contribution in [0.4, 0.5) is 0 Å². The van der Waals surface area contributed by atoms with Crippen molar-refractivity contribution in [2.45, 2.75) is 91.5 Å². The van der Waals surface area contributed by atoms with E-state index in [0.29, 0.717) is 12.5 Å². The predicted molar refractivity (Wildman–Crippen MR) is 91.3 cm³/mol. The summed E-state index contributed by atoms with van der Waals surface area (Å²) in [4.78, 5) is 12.3. The third-order valence-corrected chi connectivity index (χ3v) is 4.60. The second kappa shape index (κ2) is 9.81. The highest BCUT2D eigenvalue weighted by Gasteiger charge is 2.15. The van der Waals surface area contributed by atoms with Crippen LogP contribution in [0.5, 0.6) is 0 Å². The van der Waals surface area contributed by atoms with Crippen LogP contribution in [0.25, 0.3) is 0 Å². The van der Waals surface area contributed by atoms with E-state index in [9.17, 15) is 4.79 Å². The lowest BCUT2D eigenvalue weighted by molar-refractivity contribution is -0.121. The second-order valence-corrected chi connectivity index (χ2v) is 6.42. The topological polar surface area (TPSA) is 29.1 Å². The van der Waals surface area contributed by atoms with E-state index in [1.165, 1.54) is 42.4 Å². The van der Waals surface area contributed by atoms with E-state index in [1.807, 2.05) is 0 Å². The first-order valence-electron chi connectivity index (χ1n) is 8.72. The summed E-state index contributed by atoms with van der Waals surface area (Å²) in [5.41, 5.74) is 3.92. The Morgan fingerprint density at radius 3 is 2.19 bits per heavy atom. The van der Waals surface area contributed by atoms with Crippen LogP contribution >= 0.6 is 0 Å². The number of nitrogens with one attached hydrogen (secondary N) is 1. The van der Waals surface area contributed by atoms with Crippen LogP contribution in [0.1, 0.15) is 85.5 Å². The maximum atomic E-state index is 12.3. The van der Waals surface area contributed by atoms with E-state index < -0.39 is 0 Å². The van der Waals surface area contributed by atoms with Gasteiger partial charge in [0.2, 0.25) is 5.91 Å². The molecule has 0 aromatic rings. The Morgan fingerprint density at radius 1 is 1.05 bits per heavy atom. The van der Waals surface area contributed by atoms with Gasteiger partial charge in [0.05, 0.1) is 0 Å². The molecule has 0 unspecified atom stereocenters. The van der Waals surface area contributed by atoms with Crippen molar-refractivity contribution in [1.29, 1.82) is 0 Å². The van der Waals surface area contributed by atoms with Gasteiger partial charge >= 0.3 is 0 Å². The van der Waals surface area contributed by atoms with Crippen LogP contribution < -0.4 is 5.32 Å². The molecule has 0 radical (unpaired) electrons. The number of allylic oxidation sites excluding steroid dienone is 3. The molecule has 1 fully saturated rings. The molecule has 0 aliphatic heterocycles. The van der Waals surface area contributed by atoms with Gasteiger partial charge in [-0.1, -0.05) is 62.3 Å². The Labute approximate surface area is 131 Å². The number of amides is 1. The molecule has 0 saturated heterocycles. The van der Waals surface area contributed by atoms with Gasteiger partial charge in [-0.25, -0.2) is 0 Å². The van der Waals surface area contributed by atoms with Crippen LogP contribution in [0, 0.1) is 0 Å². The molecule has 0 bridgehead atoms. The first kappa shape index (κ1) is 18.0. The quantitative estimate of drug-likeness (QED) is 0.522. The number of carbonyl (C=O) groups excluding carboxylic acids is 1. The third-order valence-electron chi connectivity index (χ3n) is 4.60. The minimum absolute atomic E-state index is 0.209. The Morgan fingerprint density at radius 2 is 1.67 bits per heavy atom. The number of hydrogen-bond acceptors (Lipinski definition) is 1. The predicted octanol–water partition coefficient (Wildman–Crippen LogP) is 5.30. The molecular weight excluding hydrogens is 258 g/mol. The normalized spacial score (nSPS) is 19.0. The molecule has 1 saturated carbocycles. The van der Waals surface area contributed by atoms with E-state index in [2.05, 4.69) is 39.1 Å². The molecule has 120 valence electrons. The standard InChI is InChI=1S/C19H33NO/c1-5-15(3)13-16(4)17(6-2)14-19(21)20-18-11-9-7-8-10-12-18/h13,18H,5-12,14H2,1-4H3,(H,20,21)/b15-13-,17-16+. The van der Waals surface area contributed by atoms with E-state index >= 15 is 0 Å². The second-order valence-electron chi connectivity index (χ2n) is 6.42. The van der Waals surface area contributed by atoms with Gasteiger partial charge in [0.15, 0.2) is 0 Å². The highest BCUT2D eigenvalue weighted by atomic mass is 16.1. The minimum Gasteiger partial charge on any atom is -0.353 e. The van der Waals surface area contributed by atoms with Crippen molar-refractivity contribution >= 4 is 5.91 Å². The molecule has 0 aromatic carbocycles. The van der Waals surface area contributed by atoms with Gasteiger partial charge in [-0.15, -0.1) is 0 Å². The number of hydrogen-bond donors (Lipinski definition) is 1. The van der Waals surface area contributed by atoms with Crippen molar-refractivity contribution in [1.82, 2.24) is 5.32 Å². The first-order valence-corrected chi connectivity index (χ1v) is 8.72. The molecule has 1 aliphatic rings. The summed E-state index contributed by atoms with van der Waals surface area (Å²) >= 11 is 0. The van der Waals surface area contributed by atoms with Gasteiger partial charge in [-0.05, 0) is 39.5 Å². The van der Waals surface area contributed by atoms with E-state index in [-0.39, 0.29) is 5.91 Å². The van der Waals surface area contributed by atoms with Crippen molar-refractivity contribution in [3.63, 3.8) is 0 Å². The first-order chi connectivity index (χ1) is 10.1. The SMILES string of the molecule is CC/C(C)=C\C(C)=C(/CC)CC(=O)NC1CCCCCC1. The van der Waals surface area contributed by atoms with Crippen molar-refractivity contribution in [2.24, 2.45) is 0 Å². The molecule has 0 spiro atoms. The van der Waals surface area contributed by atoms with Gasteiger partial charge in [0.25, 0.3) is 0 Å². The van der Waals surface area contributed by atoms with Crippen LogP contribution in [0.2, 0.25) is 0 Å². The van der Waals surface area contributed by atoms with Crippen molar-refractivity contribution in [3.05, 3.63) is 22.8 Å². The van der Waals surface area contributed by atoms with E-state index in [4.69, 9.17) is 0 Å². The molecular formula is C19H33NO. The van der Waals surface area contributed by atoms with Gasteiger partial charge in [0, 0.05) is 12.5 Å². The van der Waals surface area contributed by atoms with E-state index in [1.54, 1.807) is 0 Å². The lowest BCUT2D eigenvalue weighted by Gasteiger charge is -2.17. The van der Waals surface area contributed by atoms with Crippen LogP contribution in [0.15, 0.2) is 22.8 Å². The zero-order valence-corrected chi connectivity index (χ0v) is 14.4. The molecule has 1 N–H and O–H groups in total. The summed E-state index contributed by atoms with van der Waals surface area (Å²) in [6.07, 6.45) is 12.3. The maximum absolute atomic E-state index is 12.3. The summed E-state index contributed by atoms with van der Waals surface area (Å²) in [6.45, 7) is 8.61. The zero-order chi connectivity index (χ0) is 15.7. The number of carbonyl (C=O) groups is 1. The third kappa shape index (κ3) is 6.97. The van der Waals surface area contributed by atoms with Crippen molar-refractivity contribution in [2.75, 3.05) is 0 Å². The Balaban J connectivity index is 2.59. The minimum atomic E-state index is 0.209. The lowest BCUT2D eigenvalue weighted by atomic mass is 10.00. The van der Waals surface area contributed by atoms with Crippen LogP contribution in [-0.2, 0) is 4.79 Å². The Kier molecular flexibility index (Phi) is 8.41. The molecule has 0 aromatic heterocycles. The summed E-state index contributed by atoms with van der Waals surface area (Å²) in [6, 6.07) is 0.409. The molecule has 1 rings (SSSR count). The van der Waals surface area contributed by atoms with Crippen LogP contribution in [-0.4, -0.2) is 11.9 Å². The monoisotopic (exact) mass is 291 g/mol. The van der Waals surface area contributed by atoms with E-state index in [0.717, 1.165) is 25.7 Å². The van der Waals surface area contributed by atoms with Crippen LogP contribution in [0.3, 0.4) is 0 Å². The molecule has 0 atom stereocenters. The molecule has 21 heavy (non-hydrogen) atoms. The largest absolute Gasteiger partial charge is 0.353 e. The molecule has 2 heteroatoms. The summed E-state index contributed by atoms with van der Waals surface area (Å²) in [5, 5.41) is 3.25. The highest BCUT2D eigenvalue weighted by Crippen LogP contribution is 2.19. The maximum Gasteiger partial charge on any atom is 0.224 e. The van der Waals surface area contributed by atoms with Crippen molar-refractivity contribution < 1.29 is 4.79 Å². The number of rotatable bonds is 6. The average molecular weight is 291 g/mol. The summed E-state index contributed by atoms with van der Waals surface area (Å²) in [7, 11) is 0. The molecule has 1 amide bonds. The fraction of sp³-hybridized carbons (Fsp3) is 0.737. The fourth-order valence-electron chi connectivity index (χ4n) is 3.01. The molecule has 2 nitrogen and oxygen atoms in total. The fourth-order valence-corrected chi connectivity index (χ4v) is 3.01.